The molecule has 0 radical (unpaired) electrons. The molecule has 1 aromatic rings. The van der Waals surface area contributed by atoms with Crippen molar-refractivity contribution in [2.45, 2.75) is 51.3 Å². The summed E-state index contributed by atoms with van der Waals surface area (Å²) in [6, 6.07) is 9.73. The summed E-state index contributed by atoms with van der Waals surface area (Å²) in [5.74, 6) is -0.222. The van der Waals surface area contributed by atoms with Gasteiger partial charge in [0.25, 0.3) is 0 Å². The first-order valence-electron chi connectivity index (χ1n) is 10.9. The van der Waals surface area contributed by atoms with Gasteiger partial charge in [-0.05, 0) is 32.0 Å². The van der Waals surface area contributed by atoms with E-state index in [1.54, 1.807) is 4.90 Å². The summed E-state index contributed by atoms with van der Waals surface area (Å²) in [7, 11) is 0. The van der Waals surface area contributed by atoms with Crippen LogP contribution in [0.3, 0.4) is 0 Å². The number of carbonyl (C=O) groups excluding carboxylic acids is 2. The largest absolute Gasteiger partial charge is 0.475 e. The van der Waals surface area contributed by atoms with Gasteiger partial charge in [0, 0.05) is 29.9 Å². The van der Waals surface area contributed by atoms with Crippen molar-refractivity contribution in [2.75, 3.05) is 30.3 Å². The van der Waals surface area contributed by atoms with Crippen LogP contribution in [0.15, 0.2) is 29.3 Å². The molecule has 1 saturated heterocycles. The van der Waals surface area contributed by atoms with Crippen LogP contribution in [0.4, 0.5) is 11.4 Å². The number of nitriles is 1. The number of rotatable bonds is 7. The zero-order valence-corrected chi connectivity index (χ0v) is 20.0. The molecule has 2 heterocycles. The van der Waals surface area contributed by atoms with Crippen molar-refractivity contribution in [3.8, 4) is 6.07 Å². The lowest BCUT2D eigenvalue weighted by atomic mass is 9.95. The molecule has 0 saturated carbocycles. The summed E-state index contributed by atoms with van der Waals surface area (Å²) in [5, 5.41) is 15.3. The van der Waals surface area contributed by atoms with E-state index < -0.39 is 11.3 Å². The highest BCUT2D eigenvalue weighted by Crippen LogP contribution is 2.37. The Morgan fingerprint density at radius 2 is 2.12 bits per heavy atom. The van der Waals surface area contributed by atoms with Crippen molar-refractivity contribution in [1.29, 1.82) is 5.26 Å². The van der Waals surface area contributed by atoms with E-state index in [9.17, 15) is 14.9 Å². The van der Waals surface area contributed by atoms with E-state index in [1.807, 2.05) is 58.9 Å². The van der Waals surface area contributed by atoms with Crippen molar-refractivity contribution in [3.63, 3.8) is 0 Å². The van der Waals surface area contributed by atoms with E-state index in [4.69, 9.17) is 4.74 Å². The molecular formula is C23H31N5O3S. The lowest BCUT2D eigenvalue weighted by Gasteiger charge is -2.25. The van der Waals surface area contributed by atoms with Gasteiger partial charge < -0.3 is 20.3 Å². The van der Waals surface area contributed by atoms with E-state index in [0.717, 1.165) is 5.69 Å². The van der Waals surface area contributed by atoms with Gasteiger partial charge >= 0.3 is 0 Å². The Hall–Kier alpha value is -2.73. The van der Waals surface area contributed by atoms with Crippen molar-refractivity contribution in [2.24, 2.45) is 16.3 Å². The van der Waals surface area contributed by atoms with Crippen LogP contribution in [-0.4, -0.2) is 59.0 Å². The molecule has 0 spiro atoms. The maximum absolute atomic E-state index is 13.0. The fraction of sp³-hybridized carbons (Fsp3) is 0.565. The predicted molar refractivity (Wildman–Crippen MR) is 128 cm³/mol. The normalized spacial score (nSPS) is 23.9. The van der Waals surface area contributed by atoms with Crippen LogP contribution in [-0.2, 0) is 14.3 Å². The maximum atomic E-state index is 13.0. The van der Waals surface area contributed by atoms with Crippen LogP contribution in [0.5, 0.6) is 0 Å². The molecule has 172 valence electrons. The lowest BCUT2D eigenvalue weighted by Crippen LogP contribution is -2.41. The van der Waals surface area contributed by atoms with Crippen molar-refractivity contribution in [1.82, 2.24) is 4.90 Å². The summed E-state index contributed by atoms with van der Waals surface area (Å²) in [5.41, 5.74) is 1.02. The summed E-state index contributed by atoms with van der Waals surface area (Å²) < 4.78 is 5.71. The summed E-state index contributed by atoms with van der Waals surface area (Å²) in [6.07, 6.45) is -0.0402. The average Bonchev–Trinajstić information content (AvgIpc) is 3.30. The molecule has 2 aliphatic heterocycles. The van der Waals surface area contributed by atoms with Crippen LogP contribution in [0.1, 0.15) is 34.6 Å². The third-order valence-electron chi connectivity index (χ3n) is 5.32. The Morgan fingerprint density at radius 3 is 2.72 bits per heavy atom. The van der Waals surface area contributed by atoms with Gasteiger partial charge in [0.15, 0.2) is 5.92 Å². The number of thioether (sulfide) groups is 1. The number of benzene rings is 1. The molecule has 0 bridgehead atoms. The van der Waals surface area contributed by atoms with Gasteiger partial charge in [-0.25, -0.2) is 0 Å². The summed E-state index contributed by atoms with van der Waals surface area (Å²) >= 11 is 1.47. The minimum Gasteiger partial charge on any atom is -0.475 e. The molecule has 9 heteroatoms. The third-order valence-corrected chi connectivity index (χ3v) is 6.82. The summed E-state index contributed by atoms with van der Waals surface area (Å²) in [4.78, 5) is 31.4. The first-order valence-corrected chi connectivity index (χ1v) is 11.8. The van der Waals surface area contributed by atoms with E-state index in [2.05, 4.69) is 21.7 Å². The number of aliphatic imine (C=N–C) groups is 1. The van der Waals surface area contributed by atoms with E-state index >= 15 is 0 Å². The molecule has 32 heavy (non-hydrogen) atoms. The Morgan fingerprint density at radius 1 is 1.41 bits per heavy atom. The first-order chi connectivity index (χ1) is 15.1. The van der Waals surface area contributed by atoms with Gasteiger partial charge in [-0.3, -0.25) is 14.6 Å². The number of amides is 2. The van der Waals surface area contributed by atoms with Gasteiger partial charge in [0.05, 0.1) is 12.6 Å². The fourth-order valence-corrected chi connectivity index (χ4v) is 4.99. The van der Waals surface area contributed by atoms with Gasteiger partial charge in [-0.15, -0.1) is 11.8 Å². The van der Waals surface area contributed by atoms with E-state index in [-0.39, 0.29) is 28.5 Å². The molecule has 1 fully saturated rings. The van der Waals surface area contributed by atoms with Crippen LogP contribution in [0.2, 0.25) is 0 Å². The lowest BCUT2D eigenvalue weighted by molar-refractivity contribution is -0.129. The van der Waals surface area contributed by atoms with Crippen molar-refractivity contribution in [3.05, 3.63) is 24.3 Å². The van der Waals surface area contributed by atoms with E-state index in [0.29, 0.717) is 31.2 Å². The summed E-state index contributed by atoms with van der Waals surface area (Å²) in [6.45, 7) is 10.9. The molecule has 2 amide bonds. The highest BCUT2D eigenvalue weighted by Gasteiger charge is 2.46. The SMILES string of the molecule is CCN1C(=O)[C@@H](CNc2cccc(NC(=O)C(C)(C)C)c2)SC1C(C#N)C1=NCC(C)O1. The monoisotopic (exact) mass is 457 g/mol. The number of hydrogen-bond donors (Lipinski definition) is 2. The topological polar surface area (TPSA) is 107 Å². The highest BCUT2D eigenvalue weighted by atomic mass is 32.2. The third kappa shape index (κ3) is 5.36. The Kier molecular flexibility index (Phi) is 7.34. The Bertz CT molecular complexity index is 936. The average molecular weight is 458 g/mol. The molecule has 1 aromatic carbocycles. The highest BCUT2D eigenvalue weighted by molar-refractivity contribution is 8.01. The fourth-order valence-electron chi connectivity index (χ4n) is 3.49. The van der Waals surface area contributed by atoms with Gasteiger partial charge in [-0.2, -0.15) is 5.26 Å². The minimum absolute atomic E-state index is 0.000847. The number of nitrogens with one attached hydrogen (secondary N) is 2. The zero-order chi connectivity index (χ0) is 23.5. The van der Waals surface area contributed by atoms with Gasteiger partial charge in [-0.1, -0.05) is 26.8 Å². The second kappa shape index (κ2) is 9.82. The predicted octanol–water partition coefficient (Wildman–Crippen LogP) is 3.33. The Balaban J connectivity index is 1.66. The molecule has 0 aliphatic carbocycles. The quantitative estimate of drug-likeness (QED) is 0.650. The molecule has 3 rings (SSSR count). The molecule has 4 atom stereocenters. The Labute approximate surface area is 193 Å². The van der Waals surface area contributed by atoms with Gasteiger partial charge in [0.1, 0.15) is 16.7 Å². The minimum atomic E-state index is -0.588. The van der Waals surface area contributed by atoms with Gasteiger partial charge in [0.2, 0.25) is 17.7 Å². The van der Waals surface area contributed by atoms with Crippen LogP contribution in [0.25, 0.3) is 0 Å². The number of nitrogens with zero attached hydrogens (tertiary/aromatic N) is 3. The number of carbonyl (C=O) groups is 2. The van der Waals surface area contributed by atoms with Crippen LogP contribution < -0.4 is 10.6 Å². The van der Waals surface area contributed by atoms with Crippen molar-refractivity contribution >= 4 is 40.8 Å². The van der Waals surface area contributed by atoms with Crippen LogP contribution >= 0.6 is 11.8 Å². The zero-order valence-electron chi connectivity index (χ0n) is 19.2. The number of hydrogen-bond acceptors (Lipinski definition) is 7. The molecular weight excluding hydrogens is 426 g/mol. The molecule has 2 aliphatic rings. The van der Waals surface area contributed by atoms with E-state index in [1.165, 1.54) is 11.8 Å². The maximum Gasteiger partial charge on any atom is 0.238 e. The number of ether oxygens (including phenoxy) is 1. The molecule has 0 aromatic heterocycles. The smallest absolute Gasteiger partial charge is 0.238 e. The molecule has 8 nitrogen and oxygen atoms in total. The van der Waals surface area contributed by atoms with Crippen LogP contribution in [0, 0.1) is 22.7 Å². The number of anilines is 2. The molecule has 3 unspecified atom stereocenters. The first kappa shape index (κ1) is 23.9. The standard InChI is InChI=1S/C23H31N5O3S/c1-6-28-20(29)18(32-21(28)17(11-24)19-26-12-14(2)31-19)13-25-15-8-7-9-16(10-15)27-22(30)23(3,4)5/h7-10,14,17-18,21,25H,6,12-13H2,1-5H3,(H,27,30)/t14?,17?,18-,21?/m1/s1. The van der Waals surface area contributed by atoms with Crippen molar-refractivity contribution < 1.29 is 14.3 Å². The second-order valence-corrected chi connectivity index (χ2v) is 10.3. The second-order valence-electron chi connectivity index (χ2n) is 9.02. The molecule has 2 N–H and O–H groups in total.